The summed E-state index contributed by atoms with van der Waals surface area (Å²) in [5.74, 6) is -0.908. The van der Waals surface area contributed by atoms with Crippen LogP contribution in [0, 0.1) is 18.3 Å². The van der Waals surface area contributed by atoms with Crippen LogP contribution < -0.4 is 0 Å². The number of aromatic nitrogens is 1. The molecule has 0 aliphatic carbocycles. The van der Waals surface area contributed by atoms with Crippen LogP contribution in [0.25, 0.3) is 10.8 Å². The molecule has 2 amide bonds. The molecule has 1 aromatic heterocycles. The Morgan fingerprint density at radius 3 is 2.23 bits per heavy atom. The zero-order valence-corrected chi connectivity index (χ0v) is 14.2. The van der Waals surface area contributed by atoms with Crippen molar-refractivity contribution in [3.63, 3.8) is 0 Å². The van der Waals surface area contributed by atoms with E-state index in [9.17, 15) is 9.59 Å². The standard InChI is InChI=1S/C20H14N4O2/c1-12-14(9-15(10-21)23(12)2)11-22-24-19(25)16-7-3-5-13-6-4-8-17(18(13)16)20(24)26/h3-9,11H,1-2H3/b22-11-. The van der Waals surface area contributed by atoms with Crippen molar-refractivity contribution in [1.82, 2.24) is 9.58 Å². The Morgan fingerprint density at radius 2 is 1.69 bits per heavy atom. The van der Waals surface area contributed by atoms with E-state index in [0.29, 0.717) is 27.8 Å². The number of carbonyl (C=O) groups excluding carboxylic acids is 2. The van der Waals surface area contributed by atoms with E-state index >= 15 is 0 Å². The Hall–Kier alpha value is -3.72. The normalized spacial score (nSPS) is 13.7. The summed E-state index contributed by atoms with van der Waals surface area (Å²) in [6.07, 6.45) is 1.44. The molecule has 3 aromatic rings. The summed E-state index contributed by atoms with van der Waals surface area (Å²) in [6, 6.07) is 14.5. The first-order valence-corrected chi connectivity index (χ1v) is 8.04. The largest absolute Gasteiger partial charge is 0.339 e. The summed E-state index contributed by atoms with van der Waals surface area (Å²) >= 11 is 0. The molecule has 0 atom stereocenters. The lowest BCUT2D eigenvalue weighted by atomic mass is 9.95. The fourth-order valence-electron chi connectivity index (χ4n) is 3.20. The minimum absolute atomic E-state index is 0.454. The van der Waals surface area contributed by atoms with Crippen molar-refractivity contribution >= 4 is 28.8 Å². The first-order chi connectivity index (χ1) is 12.5. The van der Waals surface area contributed by atoms with Crippen LogP contribution in [-0.4, -0.2) is 27.6 Å². The topological polar surface area (TPSA) is 78.5 Å². The van der Waals surface area contributed by atoms with Crippen LogP contribution in [0.5, 0.6) is 0 Å². The quantitative estimate of drug-likeness (QED) is 0.530. The first-order valence-electron chi connectivity index (χ1n) is 8.04. The fourth-order valence-corrected chi connectivity index (χ4v) is 3.20. The molecule has 0 radical (unpaired) electrons. The summed E-state index contributed by atoms with van der Waals surface area (Å²) in [7, 11) is 1.78. The Balaban J connectivity index is 1.79. The molecule has 1 aliphatic heterocycles. The second-order valence-electron chi connectivity index (χ2n) is 6.12. The molecule has 0 saturated carbocycles. The number of amides is 2. The molecule has 126 valence electrons. The Morgan fingerprint density at radius 1 is 1.08 bits per heavy atom. The third-order valence-electron chi connectivity index (χ3n) is 4.75. The zero-order valence-electron chi connectivity index (χ0n) is 14.2. The number of imide groups is 1. The van der Waals surface area contributed by atoms with Gasteiger partial charge in [-0.1, -0.05) is 24.3 Å². The lowest BCUT2D eigenvalue weighted by molar-refractivity contribution is 0.0616. The van der Waals surface area contributed by atoms with Crippen LogP contribution in [-0.2, 0) is 7.05 Å². The number of rotatable bonds is 2. The van der Waals surface area contributed by atoms with Crippen molar-refractivity contribution in [3.05, 3.63) is 70.5 Å². The van der Waals surface area contributed by atoms with Gasteiger partial charge in [-0.15, -0.1) is 0 Å². The fraction of sp³-hybridized carbons (Fsp3) is 0.100. The van der Waals surface area contributed by atoms with Crippen LogP contribution in [0.1, 0.15) is 37.7 Å². The highest BCUT2D eigenvalue weighted by molar-refractivity contribution is 6.25. The average Bonchev–Trinajstić information content (AvgIpc) is 2.93. The van der Waals surface area contributed by atoms with E-state index in [1.807, 2.05) is 19.1 Å². The van der Waals surface area contributed by atoms with Crippen molar-refractivity contribution < 1.29 is 9.59 Å². The van der Waals surface area contributed by atoms with E-state index in [1.54, 1.807) is 41.9 Å². The first kappa shape index (κ1) is 15.8. The Labute approximate surface area is 149 Å². The van der Waals surface area contributed by atoms with Gasteiger partial charge < -0.3 is 4.57 Å². The molecule has 0 spiro atoms. The number of hydrogen-bond donors (Lipinski definition) is 0. The zero-order chi connectivity index (χ0) is 18.4. The molecule has 2 aromatic carbocycles. The van der Waals surface area contributed by atoms with Gasteiger partial charge in [0, 0.05) is 23.7 Å². The lowest BCUT2D eigenvalue weighted by Crippen LogP contribution is -2.36. The van der Waals surface area contributed by atoms with Gasteiger partial charge in [0.2, 0.25) is 0 Å². The van der Waals surface area contributed by atoms with E-state index < -0.39 is 11.8 Å². The van der Waals surface area contributed by atoms with Crippen LogP contribution >= 0.6 is 0 Å². The van der Waals surface area contributed by atoms with Crippen molar-refractivity contribution in [2.75, 3.05) is 0 Å². The van der Waals surface area contributed by atoms with Crippen LogP contribution in [0.3, 0.4) is 0 Å². The SMILES string of the molecule is Cc1c(/C=N\N2C(=O)c3cccc4cccc(c34)C2=O)cc(C#N)n1C. The van der Waals surface area contributed by atoms with Gasteiger partial charge in [0.1, 0.15) is 11.8 Å². The number of nitrogens with zero attached hydrogens (tertiary/aromatic N) is 4. The second-order valence-corrected chi connectivity index (χ2v) is 6.12. The highest BCUT2D eigenvalue weighted by atomic mass is 16.2. The molecule has 26 heavy (non-hydrogen) atoms. The van der Waals surface area contributed by atoms with Gasteiger partial charge in [0.15, 0.2) is 0 Å². The van der Waals surface area contributed by atoms with Gasteiger partial charge in [0.05, 0.1) is 17.3 Å². The smallest absolute Gasteiger partial charge is 0.282 e. The summed E-state index contributed by atoms with van der Waals surface area (Å²) in [6.45, 7) is 1.85. The maximum atomic E-state index is 12.8. The highest BCUT2D eigenvalue weighted by Crippen LogP contribution is 2.30. The number of carbonyl (C=O) groups is 2. The van der Waals surface area contributed by atoms with Gasteiger partial charge in [-0.2, -0.15) is 15.4 Å². The predicted octanol–water partition coefficient (Wildman–Crippen LogP) is 2.99. The molecule has 0 unspecified atom stereocenters. The summed E-state index contributed by atoms with van der Waals surface area (Å²) in [4.78, 5) is 25.6. The third kappa shape index (κ3) is 2.15. The van der Waals surface area contributed by atoms with Crippen LogP contribution in [0.2, 0.25) is 0 Å². The number of benzene rings is 2. The van der Waals surface area contributed by atoms with E-state index in [2.05, 4.69) is 11.2 Å². The van der Waals surface area contributed by atoms with Crippen molar-refractivity contribution in [1.29, 1.82) is 5.26 Å². The van der Waals surface area contributed by atoms with Gasteiger partial charge >= 0.3 is 0 Å². The molecule has 4 rings (SSSR count). The molecule has 0 saturated heterocycles. The van der Waals surface area contributed by atoms with Crippen molar-refractivity contribution in [3.8, 4) is 6.07 Å². The van der Waals surface area contributed by atoms with E-state index in [1.165, 1.54) is 6.21 Å². The monoisotopic (exact) mass is 342 g/mol. The second kappa shape index (κ2) is 5.67. The Bertz CT molecular complexity index is 1110. The maximum absolute atomic E-state index is 12.8. The number of nitriles is 1. The molecule has 1 aliphatic rings. The molecular weight excluding hydrogens is 328 g/mol. The van der Waals surface area contributed by atoms with Gasteiger partial charge in [-0.3, -0.25) is 9.59 Å². The highest BCUT2D eigenvalue weighted by Gasteiger charge is 2.32. The van der Waals surface area contributed by atoms with E-state index in [-0.39, 0.29) is 0 Å². The predicted molar refractivity (Wildman–Crippen MR) is 96.9 cm³/mol. The molecule has 6 heteroatoms. The molecule has 0 fully saturated rings. The Kier molecular flexibility index (Phi) is 3.44. The van der Waals surface area contributed by atoms with Gasteiger partial charge in [0.25, 0.3) is 11.8 Å². The van der Waals surface area contributed by atoms with E-state index in [0.717, 1.165) is 16.1 Å². The summed E-state index contributed by atoms with van der Waals surface area (Å²) in [5, 5.41) is 15.7. The molecule has 0 bridgehead atoms. The third-order valence-corrected chi connectivity index (χ3v) is 4.75. The summed E-state index contributed by atoms with van der Waals surface area (Å²) in [5.41, 5.74) is 2.90. The summed E-state index contributed by atoms with van der Waals surface area (Å²) < 4.78 is 1.73. The van der Waals surface area contributed by atoms with Crippen LogP contribution in [0.15, 0.2) is 47.6 Å². The maximum Gasteiger partial charge on any atom is 0.282 e. The van der Waals surface area contributed by atoms with Crippen LogP contribution in [0.4, 0.5) is 0 Å². The molecule has 6 nitrogen and oxygen atoms in total. The molecule has 2 heterocycles. The minimum atomic E-state index is -0.454. The molecular formula is C20H14N4O2. The average molecular weight is 342 g/mol. The molecule has 0 N–H and O–H groups in total. The lowest BCUT2D eigenvalue weighted by Gasteiger charge is -2.22. The number of hydrogen-bond acceptors (Lipinski definition) is 4. The van der Waals surface area contributed by atoms with Gasteiger partial charge in [-0.25, -0.2) is 0 Å². The minimum Gasteiger partial charge on any atom is -0.339 e. The van der Waals surface area contributed by atoms with Crippen molar-refractivity contribution in [2.24, 2.45) is 12.1 Å². The van der Waals surface area contributed by atoms with Gasteiger partial charge in [-0.05, 0) is 30.5 Å². The van der Waals surface area contributed by atoms with Crippen molar-refractivity contribution in [2.45, 2.75) is 6.92 Å². The van der Waals surface area contributed by atoms with E-state index in [4.69, 9.17) is 5.26 Å². The number of hydrazone groups is 1.